The molecule has 1 atom stereocenters. The molecule has 1 amide bonds. The molecule has 0 radical (unpaired) electrons. The van der Waals surface area contributed by atoms with E-state index in [-0.39, 0.29) is 11.9 Å². The number of carbonyl (C=O) groups is 1. The lowest BCUT2D eigenvalue weighted by Crippen LogP contribution is -2.51. The lowest BCUT2D eigenvalue weighted by atomic mass is 10.0. The molecular formula is C25H30N2O2. The SMILES string of the molecule is COc1ccc(/C=C/C(=O)N(C)[C@H]2CCCN(C3Cc4ccccc4C3)C2)cc1. The molecule has 0 N–H and O–H groups in total. The van der Waals surface area contributed by atoms with Gasteiger partial charge in [-0.3, -0.25) is 9.69 Å². The van der Waals surface area contributed by atoms with Crippen molar-refractivity contribution in [2.45, 2.75) is 37.8 Å². The van der Waals surface area contributed by atoms with Crippen LogP contribution in [-0.2, 0) is 17.6 Å². The monoisotopic (exact) mass is 390 g/mol. The summed E-state index contributed by atoms with van der Waals surface area (Å²) in [6, 6.07) is 17.4. The highest BCUT2D eigenvalue weighted by molar-refractivity contribution is 5.91. The van der Waals surface area contributed by atoms with Gasteiger partial charge >= 0.3 is 0 Å². The maximum Gasteiger partial charge on any atom is 0.246 e. The zero-order valence-corrected chi connectivity index (χ0v) is 17.4. The average Bonchev–Trinajstić information content (AvgIpc) is 3.22. The van der Waals surface area contributed by atoms with Crippen LogP contribution in [0.15, 0.2) is 54.6 Å². The van der Waals surface area contributed by atoms with Crippen molar-refractivity contribution in [3.05, 3.63) is 71.3 Å². The maximum atomic E-state index is 12.7. The Balaban J connectivity index is 1.35. The van der Waals surface area contributed by atoms with E-state index in [2.05, 4.69) is 29.2 Å². The third kappa shape index (κ3) is 4.54. The fraction of sp³-hybridized carbons (Fsp3) is 0.400. The highest BCUT2D eigenvalue weighted by Gasteiger charge is 2.32. The van der Waals surface area contributed by atoms with Gasteiger partial charge in [0, 0.05) is 31.8 Å². The second-order valence-corrected chi connectivity index (χ2v) is 8.18. The third-order valence-electron chi connectivity index (χ3n) is 6.40. The summed E-state index contributed by atoms with van der Waals surface area (Å²) in [5.41, 5.74) is 3.99. The Morgan fingerprint density at radius 2 is 1.79 bits per heavy atom. The molecule has 1 heterocycles. The van der Waals surface area contributed by atoms with Crippen LogP contribution in [0.3, 0.4) is 0 Å². The van der Waals surface area contributed by atoms with E-state index in [4.69, 9.17) is 4.74 Å². The first-order chi connectivity index (χ1) is 14.1. The van der Waals surface area contributed by atoms with E-state index in [1.165, 1.54) is 11.1 Å². The molecule has 152 valence electrons. The van der Waals surface area contributed by atoms with Crippen LogP contribution in [0, 0.1) is 0 Å². The number of piperidine rings is 1. The van der Waals surface area contributed by atoms with Crippen molar-refractivity contribution in [3.8, 4) is 5.75 Å². The molecule has 0 unspecified atom stereocenters. The fourth-order valence-corrected chi connectivity index (χ4v) is 4.60. The molecule has 4 heteroatoms. The number of nitrogens with zero attached hydrogens (tertiary/aromatic N) is 2. The summed E-state index contributed by atoms with van der Waals surface area (Å²) in [6.07, 6.45) is 8.07. The summed E-state index contributed by atoms with van der Waals surface area (Å²) >= 11 is 0. The molecule has 1 aliphatic heterocycles. The number of benzene rings is 2. The van der Waals surface area contributed by atoms with Gasteiger partial charge in [0.2, 0.25) is 5.91 Å². The molecule has 0 bridgehead atoms. The number of rotatable bonds is 5. The highest BCUT2D eigenvalue weighted by Crippen LogP contribution is 2.28. The first-order valence-corrected chi connectivity index (χ1v) is 10.5. The topological polar surface area (TPSA) is 32.8 Å². The van der Waals surface area contributed by atoms with Gasteiger partial charge in [-0.25, -0.2) is 0 Å². The van der Waals surface area contributed by atoms with Crippen molar-refractivity contribution in [3.63, 3.8) is 0 Å². The lowest BCUT2D eigenvalue weighted by molar-refractivity contribution is -0.127. The van der Waals surface area contributed by atoms with Crippen LogP contribution >= 0.6 is 0 Å². The Morgan fingerprint density at radius 1 is 1.10 bits per heavy atom. The number of carbonyl (C=O) groups excluding carboxylic acids is 1. The Labute approximate surface area is 173 Å². The molecule has 0 saturated carbocycles. The number of ether oxygens (including phenoxy) is 1. The molecule has 2 aliphatic rings. The molecule has 4 nitrogen and oxygen atoms in total. The summed E-state index contributed by atoms with van der Waals surface area (Å²) < 4.78 is 5.18. The van der Waals surface area contributed by atoms with Gasteiger partial charge in [0.25, 0.3) is 0 Å². The summed E-state index contributed by atoms with van der Waals surface area (Å²) in [6.45, 7) is 2.11. The maximum absolute atomic E-state index is 12.7. The molecular weight excluding hydrogens is 360 g/mol. The van der Waals surface area contributed by atoms with Gasteiger partial charge in [-0.1, -0.05) is 36.4 Å². The van der Waals surface area contributed by atoms with Gasteiger partial charge in [0.1, 0.15) is 5.75 Å². The van der Waals surface area contributed by atoms with E-state index in [1.54, 1.807) is 13.2 Å². The van der Waals surface area contributed by atoms with Gasteiger partial charge in [0.05, 0.1) is 7.11 Å². The quantitative estimate of drug-likeness (QED) is 0.728. The van der Waals surface area contributed by atoms with Crippen molar-refractivity contribution in [1.82, 2.24) is 9.80 Å². The normalized spacial score (nSPS) is 20.0. The number of amides is 1. The van der Waals surface area contributed by atoms with E-state index >= 15 is 0 Å². The Bertz CT molecular complexity index is 850. The van der Waals surface area contributed by atoms with Gasteiger partial charge in [0.15, 0.2) is 0 Å². The van der Waals surface area contributed by atoms with Crippen LogP contribution in [-0.4, -0.2) is 55.0 Å². The number of likely N-dealkylation sites (N-methyl/N-ethyl adjacent to an activating group) is 1. The van der Waals surface area contributed by atoms with Crippen LogP contribution < -0.4 is 4.74 Å². The lowest BCUT2D eigenvalue weighted by Gasteiger charge is -2.40. The number of hydrogen-bond donors (Lipinski definition) is 0. The zero-order valence-electron chi connectivity index (χ0n) is 17.4. The van der Waals surface area contributed by atoms with Crippen LogP contribution in [0.25, 0.3) is 6.08 Å². The summed E-state index contributed by atoms with van der Waals surface area (Å²) in [5.74, 6) is 0.893. The molecule has 29 heavy (non-hydrogen) atoms. The van der Waals surface area contributed by atoms with Gasteiger partial charge in [-0.2, -0.15) is 0 Å². The largest absolute Gasteiger partial charge is 0.497 e. The van der Waals surface area contributed by atoms with Gasteiger partial charge in [-0.15, -0.1) is 0 Å². The second-order valence-electron chi connectivity index (χ2n) is 8.18. The van der Waals surface area contributed by atoms with Crippen molar-refractivity contribution >= 4 is 12.0 Å². The predicted molar refractivity (Wildman–Crippen MR) is 117 cm³/mol. The van der Waals surface area contributed by atoms with Crippen LogP contribution in [0.4, 0.5) is 0 Å². The summed E-state index contributed by atoms with van der Waals surface area (Å²) in [5, 5.41) is 0. The van der Waals surface area contributed by atoms with Gasteiger partial charge in [-0.05, 0) is 67.1 Å². The van der Waals surface area contributed by atoms with E-state index in [0.717, 1.165) is 50.1 Å². The van der Waals surface area contributed by atoms with Crippen LogP contribution in [0.5, 0.6) is 5.75 Å². The minimum Gasteiger partial charge on any atom is -0.497 e. The second kappa shape index (κ2) is 8.83. The van der Waals surface area contributed by atoms with Gasteiger partial charge < -0.3 is 9.64 Å². The minimum atomic E-state index is 0.0716. The number of methoxy groups -OCH3 is 1. The smallest absolute Gasteiger partial charge is 0.246 e. The van der Waals surface area contributed by atoms with Crippen molar-refractivity contribution < 1.29 is 9.53 Å². The van der Waals surface area contributed by atoms with Crippen molar-refractivity contribution in [2.75, 3.05) is 27.2 Å². The van der Waals surface area contributed by atoms with E-state index < -0.39 is 0 Å². The molecule has 1 aliphatic carbocycles. The molecule has 0 aromatic heterocycles. The molecule has 0 spiro atoms. The third-order valence-corrected chi connectivity index (χ3v) is 6.40. The van der Waals surface area contributed by atoms with Crippen LogP contribution in [0.1, 0.15) is 29.5 Å². The molecule has 2 aromatic rings. The van der Waals surface area contributed by atoms with E-state index in [1.807, 2.05) is 42.3 Å². The molecule has 2 aromatic carbocycles. The van der Waals surface area contributed by atoms with Crippen molar-refractivity contribution in [2.24, 2.45) is 0 Å². The number of hydrogen-bond acceptors (Lipinski definition) is 3. The average molecular weight is 391 g/mol. The standard InChI is InChI=1S/C25H30N2O2/c1-26(25(28)14-11-19-9-12-24(29-2)13-10-19)22-8-5-15-27(18-22)23-16-20-6-3-4-7-21(20)17-23/h3-4,6-7,9-14,22-23H,5,8,15-18H2,1-2H3/b14-11+/t22-/m0/s1. The first-order valence-electron chi connectivity index (χ1n) is 10.5. The molecule has 1 saturated heterocycles. The minimum absolute atomic E-state index is 0.0716. The number of fused-ring (bicyclic) bond motifs is 1. The zero-order chi connectivity index (χ0) is 20.2. The summed E-state index contributed by atoms with van der Waals surface area (Å²) in [4.78, 5) is 17.3. The first kappa shape index (κ1) is 19.7. The van der Waals surface area contributed by atoms with E-state index in [9.17, 15) is 4.79 Å². The van der Waals surface area contributed by atoms with E-state index in [0.29, 0.717) is 6.04 Å². The molecule has 1 fully saturated rings. The predicted octanol–water partition coefficient (Wildman–Crippen LogP) is 3.80. The van der Waals surface area contributed by atoms with Crippen molar-refractivity contribution in [1.29, 1.82) is 0 Å². The fourth-order valence-electron chi connectivity index (χ4n) is 4.60. The Hall–Kier alpha value is -2.59. The Kier molecular flexibility index (Phi) is 6.00. The number of likely N-dealkylation sites (tertiary alicyclic amines) is 1. The highest BCUT2D eigenvalue weighted by atomic mass is 16.5. The van der Waals surface area contributed by atoms with Crippen LogP contribution in [0.2, 0.25) is 0 Å². The summed E-state index contributed by atoms with van der Waals surface area (Å²) in [7, 11) is 3.60. The molecule has 4 rings (SSSR count). The Morgan fingerprint density at radius 3 is 2.45 bits per heavy atom.